The Morgan fingerprint density at radius 3 is 2.47 bits per heavy atom. The van der Waals surface area contributed by atoms with Crippen molar-refractivity contribution in [3.63, 3.8) is 0 Å². The summed E-state index contributed by atoms with van der Waals surface area (Å²) >= 11 is 0. The van der Waals surface area contributed by atoms with Gasteiger partial charge in [0.15, 0.2) is 0 Å². The molecule has 0 saturated carbocycles. The van der Waals surface area contributed by atoms with Crippen LogP contribution in [0.2, 0.25) is 0 Å². The van der Waals surface area contributed by atoms with E-state index in [4.69, 9.17) is 0 Å². The molecule has 2 unspecified atom stereocenters. The normalized spacial score (nSPS) is 15.8. The van der Waals surface area contributed by atoms with E-state index < -0.39 is 0 Å². The Hall–Kier alpha value is -0.940. The molecule has 0 fully saturated rings. The summed E-state index contributed by atoms with van der Waals surface area (Å²) in [6, 6.07) is 0.773. The van der Waals surface area contributed by atoms with Gasteiger partial charge in [-0.3, -0.25) is 0 Å². The maximum Gasteiger partial charge on any atom is 0.137 e. The van der Waals surface area contributed by atoms with Crippen LogP contribution in [-0.4, -0.2) is 39.4 Å². The Kier molecular flexibility index (Phi) is 5.08. The summed E-state index contributed by atoms with van der Waals surface area (Å²) in [6.07, 6.45) is 3.32. The van der Waals surface area contributed by atoms with Crippen LogP contribution in [0.25, 0.3) is 0 Å². The van der Waals surface area contributed by atoms with Crippen LogP contribution in [0.5, 0.6) is 0 Å². The average molecular weight is 239 g/mol. The number of nitrogens with one attached hydrogen (secondary N) is 2. The topological polar surface area (TPSA) is 54.8 Å². The molecule has 0 saturated heterocycles. The summed E-state index contributed by atoms with van der Waals surface area (Å²) in [5.41, 5.74) is 0.174. The average Bonchev–Trinajstić information content (AvgIpc) is 2.75. The summed E-state index contributed by atoms with van der Waals surface area (Å²) in [6.45, 7) is 12.7. The highest BCUT2D eigenvalue weighted by molar-refractivity contribution is 4.75. The molecular formula is C12H25N5. The Morgan fingerprint density at radius 1 is 1.24 bits per heavy atom. The number of aromatic nitrogens is 3. The molecule has 1 aromatic heterocycles. The molecule has 1 rings (SSSR count). The van der Waals surface area contributed by atoms with E-state index in [-0.39, 0.29) is 5.54 Å². The van der Waals surface area contributed by atoms with Gasteiger partial charge in [0.1, 0.15) is 12.7 Å². The Bertz CT molecular complexity index is 301. The number of nitrogens with zero attached hydrogens (tertiary/aromatic N) is 3. The fourth-order valence-corrected chi connectivity index (χ4v) is 1.44. The zero-order valence-corrected chi connectivity index (χ0v) is 11.6. The summed E-state index contributed by atoms with van der Waals surface area (Å²) in [4.78, 5) is 3.95. The van der Waals surface area contributed by atoms with Crippen LogP contribution in [0, 0.1) is 0 Å². The van der Waals surface area contributed by atoms with Gasteiger partial charge in [0.2, 0.25) is 0 Å². The predicted octanol–water partition coefficient (Wildman–Crippen LogP) is 1.21. The van der Waals surface area contributed by atoms with E-state index in [2.05, 4.69) is 55.3 Å². The van der Waals surface area contributed by atoms with Crippen molar-refractivity contribution < 1.29 is 0 Å². The molecule has 0 aliphatic rings. The smallest absolute Gasteiger partial charge is 0.137 e. The van der Waals surface area contributed by atoms with Gasteiger partial charge in [-0.1, -0.05) is 0 Å². The lowest BCUT2D eigenvalue weighted by Crippen LogP contribution is -2.45. The Labute approximate surface area is 104 Å². The van der Waals surface area contributed by atoms with Crippen molar-refractivity contribution in [2.45, 2.75) is 52.2 Å². The first-order chi connectivity index (χ1) is 7.88. The molecule has 5 heteroatoms. The molecule has 98 valence electrons. The molecule has 1 aromatic rings. The maximum absolute atomic E-state index is 4.13. The first kappa shape index (κ1) is 14.1. The van der Waals surface area contributed by atoms with Crippen LogP contribution in [0.3, 0.4) is 0 Å². The van der Waals surface area contributed by atoms with Crippen LogP contribution in [0.15, 0.2) is 12.7 Å². The molecular weight excluding hydrogens is 214 g/mol. The van der Waals surface area contributed by atoms with Crippen molar-refractivity contribution in [1.29, 1.82) is 0 Å². The van der Waals surface area contributed by atoms with Gasteiger partial charge in [0, 0.05) is 24.7 Å². The molecule has 0 aliphatic carbocycles. The fraction of sp³-hybridized carbons (Fsp3) is 0.833. The minimum atomic E-state index is 0.174. The van der Waals surface area contributed by atoms with E-state index in [9.17, 15) is 0 Å². The minimum Gasteiger partial charge on any atom is -0.311 e. The summed E-state index contributed by atoms with van der Waals surface area (Å²) < 4.78 is 1.87. The molecule has 0 radical (unpaired) electrons. The summed E-state index contributed by atoms with van der Waals surface area (Å²) in [7, 11) is 0. The molecule has 5 nitrogen and oxygen atoms in total. The van der Waals surface area contributed by atoms with Gasteiger partial charge in [0.25, 0.3) is 0 Å². The monoisotopic (exact) mass is 239 g/mol. The number of hydrogen-bond acceptors (Lipinski definition) is 4. The molecule has 0 amide bonds. The van der Waals surface area contributed by atoms with Crippen LogP contribution < -0.4 is 10.6 Å². The second-order valence-corrected chi connectivity index (χ2v) is 5.66. The van der Waals surface area contributed by atoms with Crippen molar-refractivity contribution in [2.75, 3.05) is 13.1 Å². The van der Waals surface area contributed by atoms with Gasteiger partial charge in [0.05, 0.1) is 6.04 Å². The van der Waals surface area contributed by atoms with Crippen molar-refractivity contribution in [3.05, 3.63) is 12.7 Å². The van der Waals surface area contributed by atoms with E-state index in [0.29, 0.717) is 12.1 Å². The number of hydrogen-bond donors (Lipinski definition) is 2. The van der Waals surface area contributed by atoms with Gasteiger partial charge < -0.3 is 10.6 Å². The first-order valence-electron chi connectivity index (χ1n) is 6.21. The van der Waals surface area contributed by atoms with Crippen LogP contribution >= 0.6 is 0 Å². The van der Waals surface area contributed by atoms with Crippen molar-refractivity contribution in [1.82, 2.24) is 25.4 Å². The highest BCUT2D eigenvalue weighted by Gasteiger charge is 2.12. The van der Waals surface area contributed by atoms with Gasteiger partial charge in [-0.15, -0.1) is 0 Å². The molecule has 2 N–H and O–H groups in total. The third kappa shape index (κ3) is 5.79. The SMILES string of the molecule is CC(CNC(C)(C)C)NCC(C)n1cncn1. The van der Waals surface area contributed by atoms with E-state index in [1.54, 1.807) is 12.7 Å². The Balaban J connectivity index is 2.22. The zero-order valence-electron chi connectivity index (χ0n) is 11.6. The lowest BCUT2D eigenvalue weighted by atomic mass is 10.1. The molecule has 0 aliphatic heterocycles. The number of rotatable bonds is 6. The Morgan fingerprint density at radius 2 is 1.94 bits per heavy atom. The molecule has 0 bridgehead atoms. The summed E-state index contributed by atoms with van der Waals surface area (Å²) in [5, 5.41) is 11.1. The fourth-order valence-electron chi connectivity index (χ4n) is 1.44. The molecule has 1 heterocycles. The van der Waals surface area contributed by atoms with Crippen LogP contribution in [0.1, 0.15) is 40.7 Å². The first-order valence-corrected chi connectivity index (χ1v) is 6.21. The maximum atomic E-state index is 4.13. The lowest BCUT2D eigenvalue weighted by molar-refractivity contribution is 0.367. The van der Waals surface area contributed by atoms with Crippen LogP contribution in [0.4, 0.5) is 0 Å². The van der Waals surface area contributed by atoms with Gasteiger partial charge in [-0.25, -0.2) is 9.67 Å². The second-order valence-electron chi connectivity index (χ2n) is 5.66. The minimum absolute atomic E-state index is 0.174. The zero-order chi connectivity index (χ0) is 12.9. The molecule has 2 atom stereocenters. The third-order valence-electron chi connectivity index (χ3n) is 2.59. The summed E-state index contributed by atoms with van der Waals surface area (Å²) in [5.74, 6) is 0. The molecule has 17 heavy (non-hydrogen) atoms. The van der Waals surface area contributed by atoms with Crippen molar-refractivity contribution in [2.24, 2.45) is 0 Å². The molecule has 0 spiro atoms. The van der Waals surface area contributed by atoms with E-state index in [1.807, 2.05) is 4.68 Å². The highest BCUT2D eigenvalue weighted by atomic mass is 15.3. The van der Waals surface area contributed by atoms with Crippen molar-refractivity contribution >= 4 is 0 Å². The van der Waals surface area contributed by atoms with E-state index in [1.165, 1.54) is 0 Å². The van der Waals surface area contributed by atoms with Crippen molar-refractivity contribution in [3.8, 4) is 0 Å². The van der Waals surface area contributed by atoms with Crippen LogP contribution in [-0.2, 0) is 0 Å². The molecule has 0 aromatic carbocycles. The standard InChI is InChI=1S/C12H25N5/c1-10(6-15-12(3,4)5)14-7-11(2)17-9-13-8-16-17/h8-11,14-15H,6-7H2,1-5H3. The third-order valence-corrected chi connectivity index (χ3v) is 2.59. The van der Waals surface area contributed by atoms with E-state index in [0.717, 1.165) is 13.1 Å². The predicted molar refractivity (Wildman–Crippen MR) is 70.0 cm³/mol. The second kappa shape index (κ2) is 6.12. The van der Waals surface area contributed by atoms with Gasteiger partial charge in [-0.2, -0.15) is 5.10 Å². The highest BCUT2D eigenvalue weighted by Crippen LogP contribution is 2.01. The van der Waals surface area contributed by atoms with E-state index >= 15 is 0 Å². The van der Waals surface area contributed by atoms with Gasteiger partial charge in [-0.05, 0) is 34.6 Å². The quantitative estimate of drug-likeness (QED) is 0.783. The van der Waals surface area contributed by atoms with Gasteiger partial charge >= 0.3 is 0 Å². The largest absolute Gasteiger partial charge is 0.311 e. The lowest BCUT2D eigenvalue weighted by Gasteiger charge is -2.24.